The summed E-state index contributed by atoms with van der Waals surface area (Å²) in [6, 6.07) is 10.8. The highest BCUT2D eigenvalue weighted by Gasteiger charge is 2.19. The maximum absolute atomic E-state index is 13.0. The minimum absolute atomic E-state index is 0.317. The molecule has 2 heterocycles. The topological polar surface area (TPSA) is 105 Å². The van der Waals surface area contributed by atoms with Crippen molar-refractivity contribution >= 4 is 70.7 Å². The Hall–Kier alpha value is -4.19. The van der Waals surface area contributed by atoms with E-state index in [4.69, 9.17) is 10.5 Å². The molecule has 0 unspecified atom stereocenters. The Labute approximate surface area is 213 Å². The fourth-order valence-electron chi connectivity index (χ4n) is 3.66. The summed E-state index contributed by atoms with van der Waals surface area (Å²) in [6.45, 7) is 0. The minimum Gasteiger partial charge on any atom is -0.505 e. The third-order valence-electron chi connectivity index (χ3n) is 5.08. The van der Waals surface area contributed by atoms with Gasteiger partial charge in [-0.1, -0.05) is 36.4 Å². The van der Waals surface area contributed by atoms with Crippen LogP contribution < -0.4 is 0 Å². The fraction of sp³-hybridized carbons (Fsp3) is 0. The Kier molecular flexibility index (Phi) is 7.96. The van der Waals surface area contributed by atoms with Gasteiger partial charge in [-0.05, 0) is 58.9 Å². The van der Waals surface area contributed by atoms with Crippen molar-refractivity contribution in [1.29, 1.82) is 10.5 Å². The van der Waals surface area contributed by atoms with E-state index in [1.54, 1.807) is 48.8 Å². The van der Waals surface area contributed by atoms with Gasteiger partial charge in [0.25, 0.3) is 0 Å². The van der Waals surface area contributed by atoms with Gasteiger partial charge in [-0.2, -0.15) is 10.5 Å². The number of benzene rings is 2. The maximum atomic E-state index is 13.0. The molecule has 36 heavy (non-hydrogen) atoms. The standard InChI is InChI=1S/C25H15BF2N4O2S2/c27-26(28)34-19(10-8-17-4-2-6-21-25(17)23(13-32-21)36-15-30)11-18(33)9-7-16-3-1-5-20-24(16)22(12-31-20)35-14-29/h1-13,31-32H/b9-7+,10-8+,19-11-. The van der Waals surface area contributed by atoms with E-state index in [0.717, 1.165) is 51.4 Å². The molecule has 0 fully saturated rings. The van der Waals surface area contributed by atoms with Gasteiger partial charge in [0.05, 0.1) is 0 Å². The van der Waals surface area contributed by atoms with Gasteiger partial charge < -0.3 is 14.6 Å². The van der Waals surface area contributed by atoms with Crippen molar-refractivity contribution in [3.8, 4) is 10.8 Å². The minimum atomic E-state index is -3.12. The molecular weight excluding hydrogens is 501 g/mol. The van der Waals surface area contributed by atoms with Gasteiger partial charge >= 0.3 is 7.47 Å². The van der Waals surface area contributed by atoms with Gasteiger partial charge in [0, 0.05) is 50.1 Å². The molecule has 2 N–H and O–H groups in total. The van der Waals surface area contributed by atoms with Crippen LogP contribution in [0.15, 0.2) is 82.6 Å². The number of ketones is 1. The van der Waals surface area contributed by atoms with Crippen LogP contribution in [0.5, 0.6) is 0 Å². The molecule has 0 atom stereocenters. The van der Waals surface area contributed by atoms with Crippen LogP contribution in [0.3, 0.4) is 0 Å². The van der Waals surface area contributed by atoms with Crippen molar-refractivity contribution in [3.05, 3.63) is 83.9 Å². The van der Waals surface area contributed by atoms with Crippen molar-refractivity contribution in [3.63, 3.8) is 0 Å². The van der Waals surface area contributed by atoms with E-state index >= 15 is 0 Å². The highest BCUT2D eigenvalue weighted by molar-refractivity contribution is 8.04. The molecule has 0 bridgehead atoms. The normalized spacial score (nSPS) is 11.8. The summed E-state index contributed by atoms with van der Waals surface area (Å²) in [7, 11) is -3.12. The Morgan fingerprint density at radius 2 is 1.42 bits per heavy atom. The van der Waals surface area contributed by atoms with Crippen LogP contribution in [0.25, 0.3) is 34.0 Å². The molecule has 4 aromatic rings. The molecule has 6 nitrogen and oxygen atoms in total. The van der Waals surface area contributed by atoms with Crippen molar-refractivity contribution in [1.82, 2.24) is 9.97 Å². The molecule has 0 aliphatic heterocycles. The number of carbonyl (C=O) groups is 1. The summed E-state index contributed by atoms with van der Waals surface area (Å²) in [5, 5.41) is 23.6. The monoisotopic (exact) mass is 516 g/mol. The summed E-state index contributed by atoms with van der Waals surface area (Å²) in [5.41, 5.74) is 2.94. The lowest BCUT2D eigenvalue weighted by Gasteiger charge is -2.04. The third-order valence-corrected chi connectivity index (χ3v) is 6.35. The number of halogens is 2. The maximum Gasteiger partial charge on any atom is 0.796 e. The lowest BCUT2D eigenvalue weighted by atomic mass is 10.1. The largest absolute Gasteiger partial charge is 0.796 e. The van der Waals surface area contributed by atoms with E-state index in [-0.39, 0.29) is 5.76 Å². The molecular formula is C25H15BF2N4O2S2. The Balaban J connectivity index is 1.62. The highest BCUT2D eigenvalue weighted by Crippen LogP contribution is 2.32. The molecule has 0 amide bonds. The van der Waals surface area contributed by atoms with Crippen LogP contribution in [0.1, 0.15) is 11.1 Å². The lowest BCUT2D eigenvalue weighted by Crippen LogP contribution is -2.04. The average Bonchev–Trinajstić information content (AvgIpc) is 3.46. The van der Waals surface area contributed by atoms with E-state index in [1.165, 1.54) is 12.2 Å². The summed E-state index contributed by atoms with van der Waals surface area (Å²) < 4.78 is 30.6. The molecule has 2 aromatic carbocycles. The van der Waals surface area contributed by atoms with Crippen LogP contribution in [-0.4, -0.2) is 23.2 Å². The first-order valence-electron chi connectivity index (χ1n) is 10.4. The van der Waals surface area contributed by atoms with E-state index in [0.29, 0.717) is 20.9 Å². The second-order valence-corrected chi connectivity index (χ2v) is 8.88. The number of hydrogen-bond acceptors (Lipinski definition) is 6. The predicted molar refractivity (Wildman–Crippen MR) is 140 cm³/mol. The molecule has 2 aromatic heterocycles. The SMILES string of the molecule is N#CSc1c[nH]c2cccc(/C=C/C(=O)/C=C(/C=C/c3cccc4[nH]cc(SC#N)c34)OB(F)F)c12. The van der Waals surface area contributed by atoms with Crippen molar-refractivity contribution in [2.45, 2.75) is 9.79 Å². The number of nitrogens with one attached hydrogen (secondary N) is 2. The van der Waals surface area contributed by atoms with Gasteiger partial charge in [0.2, 0.25) is 0 Å². The summed E-state index contributed by atoms with van der Waals surface area (Å²) in [4.78, 5) is 20.1. The number of rotatable bonds is 9. The number of hydrogen-bond donors (Lipinski definition) is 2. The molecule has 4 rings (SSSR count). The Morgan fingerprint density at radius 1 is 0.889 bits per heavy atom. The van der Waals surface area contributed by atoms with Crippen LogP contribution in [-0.2, 0) is 9.45 Å². The van der Waals surface area contributed by atoms with Gasteiger partial charge in [-0.15, -0.1) is 0 Å². The second-order valence-electron chi connectivity index (χ2n) is 7.23. The van der Waals surface area contributed by atoms with E-state index < -0.39 is 13.3 Å². The first-order chi connectivity index (χ1) is 17.5. The van der Waals surface area contributed by atoms with Crippen LogP contribution in [0, 0.1) is 21.3 Å². The highest BCUT2D eigenvalue weighted by atomic mass is 32.2. The third kappa shape index (κ3) is 5.72. The van der Waals surface area contributed by atoms with Crippen LogP contribution >= 0.6 is 23.5 Å². The quantitative estimate of drug-likeness (QED) is 0.0625. The molecule has 0 radical (unpaired) electrons. The zero-order chi connectivity index (χ0) is 25.5. The van der Waals surface area contributed by atoms with Gasteiger partial charge in [0.15, 0.2) is 5.78 Å². The molecule has 176 valence electrons. The number of thioether (sulfide) groups is 2. The Morgan fingerprint density at radius 3 is 1.92 bits per heavy atom. The van der Waals surface area contributed by atoms with Crippen molar-refractivity contribution in [2.75, 3.05) is 0 Å². The Bertz CT molecular complexity index is 1610. The number of thiocyanates is 2. The number of H-pyrrole nitrogens is 2. The van der Waals surface area contributed by atoms with Gasteiger partial charge in [0.1, 0.15) is 16.6 Å². The second kappa shape index (κ2) is 11.5. The van der Waals surface area contributed by atoms with Crippen molar-refractivity contribution in [2.24, 2.45) is 0 Å². The smallest absolute Gasteiger partial charge is 0.505 e. The predicted octanol–water partition coefficient (Wildman–Crippen LogP) is 6.92. The number of aromatic amines is 2. The van der Waals surface area contributed by atoms with Gasteiger partial charge in [-0.3, -0.25) is 4.79 Å². The lowest BCUT2D eigenvalue weighted by molar-refractivity contribution is -0.110. The average molecular weight is 516 g/mol. The van der Waals surface area contributed by atoms with Crippen LogP contribution in [0.4, 0.5) is 8.63 Å². The zero-order valence-corrected chi connectivity index (χ0v) is 20.0. The summed E-state index contributed by atoms with van der Waals surface area (Å²) in [6.07, 6.45) is 10.0. The number of fused-ring (bicyclic) bond motifs is 2. The molecule has 0 saturated carbocycles. The molecule has 0 aliphatic rings. The van der Waals surface area contributed by atoms with Crippen molar-refractivity contribution < 1.29 is 18.1 Å². The number of nitriles is 2. The summed E-state index contributed by atoms with van der Waals surface area (Å²) >= 11 is 1.98. The first kappa shape index (κ1) is 24.9. The molecule has 0 spiro atoms. The molecule has 0 aliphatic carbocycles. The number of carbonyl (C=O) groups excluding carboxylic acids is 1. The first-order valence-corrected chi connectivity index (χ1v) is 12.0. The molecule has 11 heteroatoms. The van der Waals surface area contributed by atoms with E-state index in [9.17, 15) is 13.4 Å². The number of aromatic nitrogens is 2. The zero-order valence-electron chi connectivity index (χ0n) is 18.4. The fourth-order valence-corrected chi connectivity index (χ4v) is 4.75. The van der Waals surface area contributed by atoms with Crippen LogP contribution in [0.2, 0.25) is 0 Å². The van der Waals surface area contributed by atoms with E-state index in [1.807, 2.05) is 22.9 Å². The van der Waals surface area contributed by atoms with E-state index in [2.05, 4.69) is 14.6 Å². The van der Waals surface area contributed by atoms with Gasteiger partial charge in [-0.25, -0.2) is 8.63 Å². The summed E-state index contributed by atoms with van der Waals surface area (Å²) in [5.74, 6) is -0.875. The molecule has 0 saturated heterocycles. The number of nitrogens with zero attached hydrogens (tertiary/aromatic N) is 2. The number of allylic oxidation sites excluding steroid dienone is 3.